The van der Waals surface area contributed by atoms with E-state index in [1.54, 1.807) is 28.7 Å². The Bertz CT molecular complexity index is 854. The van der Waals surface area contributed by atoms with Crippen LogP contribution in [0, 0.1) is 6.92 Å². The second-order valence-electron chi connectivity index (χ2n) is 5.59. The molecule has 118 valence electrons. The number of likely N-dealkylation sites (tertiary alicyclic amines) is 1. The summed E-state index contributed by atoms with van der Waals surface area (Å²) >= 11 is 0. The lowest BCUT2D eigenvalue weighted by molar-refractivity contribution is 0.0785. The Balaban J connectivity index is 1.44. The Morgan fingerprint density at radius 1 is 1.39 bits per heavy atom. The molecule has 0 radical (unpaired) electrons. The predicted molar refractivity (Wildman–Crippen MR) is 82.2 cm³/mol. The molecule has 0 bridgehead atoms. The molecule has 1 atom stereocenters. The molecule has 1 fully saturated rings. The van der Waals surface area contributed by atoms with Crippen molar-refractivity contribution in [2.75, 3.05) is 18.4 Å². The number of amides is 1. The number of anilines is 1. The number of rotatable bonds is 3. The van der Waals surface area contributed by atoms with Crippen molar-refractivity contribution in [1.82, 2.24) is 24.5 Å². The number of nitrogens with zero attached hydrogens (tertiary/aromatic N) is 5. The van der Waals surface area contributed by atoms with Gasteiger partial charge in [0.25, 0.3) is 5.91 Å². The van der Waals surface area contributed by atoms with Gasteiger partial charge in [0.1, 0.15) is 11.6 Å². The van der Waals surface area contributed by atoms with E-state index in [0.29, 0.717) is 24.5 Å². The van der Waals surface area contributed by atoms with Crippen molar-refractivity contribution >= 4 is 17.4 Å². The third-order valence-corrected chi connectivity index (χ3v) is 4.03. The van der Waals surface area contributed by atoms with Gasteiger partial charge < -0.3 is 14.6 Å². The molecule has 4 heterocycles. The predicted octanol–water partition coefficient (Wildman–Crippen LogP) is 1.35. The van der Waals surface area contributed by atoms with E-state index in [1.165, 1.54) is 6.39 Å². The van der Waals surface area contributed by atoms with E-state index in [2.05, 4.69) is 20.4 Å². The number of fused-ring (bicyclic) bond motifs is 1. The molecule has 0 saturated carbocycles. The standard InChI is InChI=1S/C15H16N6O2/c1-10-14(17-9-23-10)15(22)20-6-4-11(8-20)18-12-2-3-13-16-5-7-21(13)19-12/h2-3,5,7,9,11H,4,6,8H2,1H3,(H,18,19). The first kappa shape index (κ1) is 13.7. The van der Waals surface area contributed by atoms with Gasteiger partial charge in [-0.05, 0) is 25.5 Å². The molecule has 8 heteroatoms. The Morgan fingerprint density at radius 3 is 3.13 bits per heavy atom. The van der Waals surface area contributed by atoms with E-state index in [-0.39, 0.29) is 11.9 Å². The van der Waals surface area contributed by atoms with Crippen LogP contribution in [0.2, 0.25) is 0 Å². The smallest absolute Gasteiger partial charge is 0.276 e. The minimum atomic E-state index is -0.0847. The maximum Gasteiger partial charge on any atom is 0.276 e. The van der Waals surface area contributed by atoms with Crippen LogP contribution >= 0.6 is 0 Å². The largest absolute Gasteiger partial charge is 0.448 e. The summed E-state index contributed by atoms with van der Waals surface area (Å²) in [5, 5.41) is 7.81. The molecule has 1 aliphatic rings. The maximum atomic E-state index is 12.4. The molecule has 0 aromatic carbocycles. The number of hydrogen-bond donors (Lipinski definition) is 1. The van der Waals surface area contributed by atoms with Crippen LogP contribution in [0.15, 0.2) is 35.3 Å². The van der Waals surface area contributed by atoms with E-state index in [9.17, 15) is 4.79 Å². The van der Waals surface area contributed by atoms with Gasteiger partial charge in [0.2, 0.25) is 0 Å². The summed E-state index contributed by atoms with van der Waals surface area (Å²) in [5.41, 5.74) is 1.20. The summed E-state index contributed by atoms with van der Waals surface area (Å²) < 4.78 is 6.83. The molecular weight excluding hydrogens is 296 g/mol. The number of imidazole rings is 1. The average molecular weight is 312 g/mol. The summed E-state index contributed by atoms with van der Waals surface area (Å²) in [6.45, 7) is 3.06. The number of aromatic nitrogens is 4. The average Bonchev–Trinajstić information content (AvgIpc) is 3.26. The van der Waals surface area contributed by atoms with Gasteiger partial charge in [-0.3, -0.25) is 4.79 Å². The van der Waals surface area contributed by atoms with Crippen LogP contribution in [0.4, 0.5) is 5.82 Å². The van der Waals surface area contributed by atoms with Gasteiger partial charge in [0.15, 0.2) is 17.7 Å². The molecular formula is C15H16N6O2. The maximum absolute atomic E-state index is 12.4. The Kier molecular flexibility index (Phi) is 3.22. The monoisotopic (exact) mass is 312 g/mol. The fourth-order valence-corrected chi connectivity index (χ4v) is 2.82. The van der Waals surface area contributed by atoms with Gasteiger partial charge in [-0.1, -0.05) is 0 Å². The summed E-state index contributed by atoms with van der Waals surface area (Å²) in [7, 11) is 0. The minimum absolute atomic E-state index is 0.0847. The van der Waals surface area contributed by atoms with Crippen molar-refractivity contribution < 1.29 is 9.21 Å². The quantitative estimate of drug-likeness (QED) is 0.785. The fraction of sp³-hybridized carbons (Fsp3) is 0.333. The lowest BCUT2D eigenvalue weighted by Crippen LogP contribution is -2.32. The SMILES string of the molecule is Cc1ocnc1C(=O)N1CCC(Nc2ccc3nccn3n2)C1. The molecule has 3 aromatic rings. The molecule has 4 rings (SSSR count). The summed E-state index contributed by atoms with van der Waals surface area (Å²) in [5.74, 6) is 1.24. The normalized spacial score (nSPS) is 17.8. The zero-order valence-electron chi connectivity index (χ0n) is 12.6. The second kappa shape index (κ2) is 5.38. The van der Waals surface area contributed by atoms with E-state index < -0.39 is 0 Å². The number of hydrogen-bond acceptors (Lipinski definition) is 6. The molecule has 0 aliphatic carbocycles. The summed E-state index contributed by atoms with van der Waals surface area (Å²) in [6, 6.07) is 3.97. The summed E-state index contributed by atoms with van der Waals surface area (Å²) in [4.78, 5) is 22.4. The van der Waals surface area contributed by atoms with Gasteiger partial charge in [0, 0.05) is 31.5 Å². The minimum Gasteiger partial charge on any atom is -0.448 e. The molecule has 0 spiro atoms. The van der Waals surface area contributed by atoms with Crippen LogP contribution in [0.1, 0.15) is 22.7 Å². The molecule has 1 saturated heterocycles. The van der Waals surface area contributed by atoms with Crippen molar-refractivity contribution in [1.29, 1.82) is 0 Å². The highest BCUT2D eigenvalue weighted by atomic mass is 16.3. The van der Waals surface area contributed by atoms with Gasteiger partial charge in [0.05, 0.1) is 0 Å². The van der Waals surface area contributed by atoms with Gasteiger partial charge in [-0.25, -0.2) is 14.5 Å². The summed E-state index contributed by atoms with van der Waals surface area (Å²) in [6.07, 6.45) is 5.69. The van der Waals surface area contributed by atoms with E-state index >= 15 is 0 Å². The Hall–Kier alpha value is -2.90. The van der Waals surface area contributed by atoms with Crippen LogP contribution in [0.25, 0.3) is 5.65 Å². The second-order valence-corrected chi connectivity index (χ2v) is 5.59. The van der Waals surface area contributed by atoms with E-state index in [0.717, 1.165) is 17.9 Å². The van der Waals surface area contributed by atoms with E-state index in [4.69, 9.17) is 4.42 Å². The first-order valence-corrected chi connectivity index (χ1v) is 7.47. The van der Waals surface area contributed by atoms with Gasteiger partial charge in [-0.2, -0.15) is 0 Å². The van der Waals surface area contributed by atoms with Crippen molar-refractivity contribution in [2.45, 2.75) is 19.4 Å². The first-order chi connectivity index (χ1) is 11.2. The Morgan fingerprint density at radius 2 is 2.30 bits per heavy atom. The van der Waals surface area contributed by atoms with Gasteiger partial charge >= 0.3 is 0 Å². The van der Waals surface area contributed by atoms with Crippen molar-refractivity contribution in [3.8, 4) is 0 Å². The van der Waals surface area contributed by atoms with Crippen LogP contribution in [-0.2, 0) is 0 Å². The van der Waals surface area contributed by atoms with Crippen LogP contribution < -0.4 is 5.32 Å². The molecule has 1 N–H and O–H groups in total. The number of oxazole rings is 1. The lowest BCUT2D eigenvalue weighted by Gasteiger charge is -2.16. The fourth-order valence-electron chi connectivity index (χ4n) is 2.82. The third-order valence-electron chi connectivity index (χ3n) is 4.03. The zero-order valence-corrected chi connectivity index (χ0v) is 12.6. The zero-order chi connectivity index (χ0) is 15.8. The topological polar surface area (TPSA) is 88.6 Å². The molecule has 1 amide bonds. The van der Waals surface area contributed by atoms with Crippen molar-refractivity contribution in [3.63, 3.8) is 0 Å². The first-order valence-electron chi connectivity index (χ1n) is 7.47. The number of aryl methyl sites for hydroxylation is 1. The molecule has 8 nitrogen and oxygen atoms in total. The van der Waals surface area contributed by atoms with Crippen molar-refractivity contribution in [3.05, 3.63) is 42.4 Å². The molecule has 1 unspecified atom stereocenters. The van der Waals surface area contributed by atoms with E-state index in [1.807, 2.05) is 12.1 Å². The number of carbonyl (C=O) groups excluding carboxylic acids is 1. The Labute approximate surface area is 132 Å². The van der Waals surface area contributed by atoms with Crippen LogP contribution in [0.3, 0.4) is 0 Å². The van der Waals surface area contributed by atoms with Crippen molar-refractivity contribution in [2.24, 2.45) is 0 Å². The highest BCUT2D eigenvalue weighted by Crippen LogP contribution is 2.18. The molecule has 23 heavy (non-hydrogen) atoms. The number of carbonyl (C=O) groups is 1. The highest BCUT2D eigenvalue weighted by Gasteiger charge is 2.29. The molecule has 3 aromatic heterocycles. The van der Waals surface area contributed by atoms with Crippen LogP contribution in [-0.4, -0.2) is 49.5 Å². The highest BCUT2D eigenvalue weighted by molar-refractivity contribution is 5.93. The third kappa shape index (κ3) is 2.52. The van der Waals surface area contributed by atoms with Gasteiger partial charge in [-0.15, -0.1) is 5.10 Å². The number of nitrogens with one attached hydrogen (secondary N) is 1. The molecule has 1 aliphatic heterocycles. The lowest BCUT2D eigenvalue weighted by atomic mass is 10.2. The van der Waals surface area contributed by atoms with Crippen LogP contribution in [0.5, 0.6) is 0 Å².